The third-order valence-electron chi connectivity index (χ3n) is 1.08. The van der Waals surface area contributed by atoms with Crippen molar-refractivity contribution in [3.63, 3.8) is 0 Å². The van der Waals surface area contributed by atoms with E-state index in [0.29, 0.717) is 0 Å². The molecule has 1 rings (SSSR count). The molecule has 1 radical (unpaired) electrons. The summed E-state index contributed by atoms with van der Waals surface area (Å²) in [6, 6.07) is 0. The Labute approximate surface area is 49.8 Å². The Morgan fingerprint density at radius 1 is 1.25 bits per heavy atom. The Balaban J connectivity index is 2.33. The molecule has 0 aliphatic carbocycles. The quantitative estimate of drug-likeness (QED) is 0.472. The molecule has 1 saturated heterocycles. The molecule has 0 aromatic heterocycles. The van der Waals surface area contributed by atoms with E-state index in [1.165, 1.54) is 6.79 Å². The third kappa shape index (κ3) is 1.46. The lowest BCUT2D eigenvalue weighted by Crippen LogP contribution is -2.29. The monoisotopic (exact) mass is 115 g/mol. The summed E-state index contributed by atoms with van der Waals surface area (Å²) in [6.07, 6.45) is 0. The number of hydrogen-bond acceptors (Lipinski definition) is 2. The highest BCUT2D eigenvalue weighted by molar-refractivity contribution is 4.69. The zero-order valence-electron chi connectivity index (χ0n) is 5.31. The van der Waals surface area contributed by atoms with Crippen LogP contribution < -0.4 is 0 Å². The van der Waals surface area contributed by atoms with E-state index in [4.69, 9.17) is 9.47 Å². The van der Waals surface area contributed by atoms with Crippen LogP contribution in [0.2, 0.25) is 0 Å². The van der Waals surface area contributed by atoms with Gasteiger partial charge in [-0.15, -0.1) is 0 Å². The highest BCUT2D eigenvalue weighted by Crippen LogP contribution is 2.20. The van der Waals surface area contributed by atoms with Crippen LogP contribution in [0.4, 0.5) is 0 Å². The summed E-state index contributed by atoms with van der Waals surface area (Å²) >= 11 is 0. The van der Waals surface area contributed by atoms with Crippen molar-refractivity contribution in [1.29, 1.82) is 0 Å². The summed E-state index contributed by atoms with van der Waals surface area (Å²) in [7, 11) is 0. The van der Waals surface area contributed by atoms with Crippen LogP contribution in [-0.2, 0) is 9.47 Å². The van der Waals surface area contributed by atoms with Gasteiger partial charge in [-0.05, 0) is 0 Å². The van der Waals surface area contributed by atoms with Crippen LogP contribution in [0.15, 0.2) is 0 Å². The van der Waals surface area contributed by atoms with Gasteiger partial charge >= 0.3 is 0 Å². The topological polar surface area (TPSA) is 18.5 Å². The van der Waals surface area contributed by atoms with Gasteiger partial charge in [0.15, 0.2) is 0 Å². The first kappa shape index (κ1) is 6.05. The second-order valence-electron chi connectivity index (χ2n) is 2.88. The molecule has 0 spiro atoms. The lowest BCUT2D eigenvalue weighted by Gasteiger charge is -2.27. The van der Waals surface area contributed by atoms with Gasteiger partial charge in [0.05, 0.1) is 13.2 Å². The minimum absolute atomic E-state index is 0.203. The molecular weight excluding hydrogens is 104 g/mol. The Bertz CT molecular complexity index is 70.6. The zero-order valence-corrected chi connectivity index (χ0v) is 5.31. The fraction of sp³-hybridized carbons (Fsp3) is 0.833. The standard InChI is InChI=1S/C6H11O2/c1-6(2)3-7-5-8-4-6/h5H,3-4H2,1-2H3. The Morgan fingerprint density at radius 2 is 1.75 bits per heavy atom. The third-order valence-corrected chi connectivity index (χ3v) is 1.08. The van der Waals surface area contributed by atoms with E-state index in [2.05, 4.69) is 13.8 Å². The molecule has 2 nitrogen and oxygen atoms in total. The molecule has 1 aliphatic rings. The predicted octanol–water partition coefficient (Wildman–Crippen LogP) is 1.18. The molecule has 0 saturated carbocycles. The Kier molecular flexibility index (Phi) is 1.54. The van der Waals surface area contributed by atoms with E-state index in [-0.39, 0.29) is 5.41 Å². The average Bonchev–Trinajstić information content (AvgIpc) is 1.65. The molecule has 0 unspecified atom stereocenters. The average molecular weight is 115 g/mol. The van der Waals surface area contributed by atoms with Crippen molar-refractivity contribution in [3.8, 4) is 0 Å². The Hall–Kier alpha value is -0.0800. The maximum atomic E-state index is 4.94. The molecule has 47 valence electrons. The predicted molar refractivity (Wildman–Crippen MR) is 30.0 cm³/mol. The second-order valence-corrected chi connectivity index (χ2v) is 2.88. The molecule has 1 fully saturated rings. The van der Waals surface area contributed by atoms with Crippen LogP contribution in [-0.4, -0.2) is 13.2 Å². The minimum Gasteiger partial charge on any atom is -0.347 e. The normalized spacial score (nSPS) is 27.8. The number of hydrogen-bond donors (Lipinski definition) is 0. The van der Waals surface area contributed by atoms with Crippen LogP contribution in [0, 0.1) is 12.2 Å². The lowest BCUT2D eigenvalue weighted by molar-refractivity contribution is -0.0961. The summed E-state index contributed by atoms with van der Waals surface area (Å²) in [5.74, 6) is 0. The van der Waals surface area contributed by atoms with Gasteiger partial charge in [-0.3, -0.25) is 0 Å². The van der Waals surface area contributed by atoms with Gasteiger partial charge in [-0.25, -0.2) is 0 Å². The summed E-state index contributed by atoms with van der Waals surface area (Å²) in [5.41, 5.74) is 0.203. The fourth-order valence-corrected chi connectivity index (χ4v) is 0.609. The lowest BCUT2D eigenvalue weighted by atomic mass is 9.96. The van der Waals surface area contributed by atoms with Gasteiger partial charge in [0.1, 0.15) is 0 Å². The van der Waals surface area contributed by atoms with Gasteiger partial charge in [0.2, 0.25) is 6.79 Å². The van der Waals surface area contributed by atoms with Crippen molar-refractivity contribution in [3.05, 3.63) is 6.79 Å². The molecule has 0 N–H and O–H groups in total. The van der Waals surface area contributed by atoms with E-state index < -0.39 is 0 Å². The molecule has 1 aliphatic heterocycles. The second kappa shape index (κ2) is 2.03. The van der Waals surface area contributed by atoms with Crippen molar-refractivity contribution in [1.82, 2.24) is 0 Å². The van der Waals surface area contributed by atoms with Crippen molar-refractivity contribution >= 4 is 0 Å². The molecular formula is C6H11O2. The van der Waals surface area contributed by atoms with Crippen LogP contribution in [0.25, 0.3) is 0 Å². The maximum absolute atomic E-state index is 4.94. The van der Waals surface area contributed by atoms with Gasteiger partial charge < -0.3 is 9.47 Å². The molecule has 2 heteroatoms. The van der Waals surface area contributed by atoms with Crippen molar-refractivity contribution < 1.29 is 9.47 Å². The maximum Gasteiger partial charge on any atom is 0.209 e. The zero-order chi connectivity index (χ0) is 6.04. The van der Waals surface area contributed by atoms with E-state index in [9.17, 15) is 0 Å². The first-order valence-electron chi connectivity index (χ1n) is 2.76. The van der Waals surface area contributed by atoms with Gasteiger partial charge in [-0.1, -0.05) is 13.8 Å². The molecule has 0 aromatic rings. The van der Waals surface area contributed by atoms with Gasteiger partial charge in [0, 0.05) is 5.41 Å². The minimum atomic E-state index is 0.203. The van der Waals surface area contributed by atoms with Crippen molar-refractivity contribution in [2.75, 3.05) is 13.2 Å². The van der Waals surface area contributed by atoms with E-state index in [0.717, 1.165) is 13.2 Å². The molecule has 0 bridgehead atoms. The van der Waals surface area contributed by atoms with Crippen LogP contribution >= 0.6 is 0 Å². The summed E-state index contributed by atoms with van der Waals surface area (Å²) in [5, 5.41) is 0. The molecule has 1 heterocycles. The van der Waals surface area contributed by atoms with E-state index in [1.54, 1.807) is 0 Å². The molecule has 0 aromatic carbocycles. The molecule has 0 amide bonds. The van der Waals surface area contributed by atoms with Crippen LogP contribution in [0.5, 0.6) is 0 Å². The number of rotatable bonds is 0. The van der Waals surface area contributed by atoms with Crippen molar-refractivity contribution in [2.24, 2.45) is 5.41 Å². The van der Waals surface area contributed by atoms with E-state index in [1.807, 2.05) is 0 Å². The fourth-order valence-electron chi connectivity index (χ4n) is 0.609. The summed E-state index contributed by atoms with van der Waals surface area (Å²) in [6.45, 7) is 7.17. The van der Waals surface area contributed by atoms with Crippen molar-refractivity contribution in [2.45, 2.75) is 13.8 Å². The van der Waals surface area contributed by atoms with Crippen LogP contribution in [0.3, 0.4) is 0 Å². The first-order valence-corrected chi connectivity index (χ1v) is 2.76. The highest BCUT2D eigenvalue weighted by Gasteiger charge is 2.22. The Morgan fingerprint density at radius 3 is 2.00 bits per heavy atom. The highest BCUT2D eigenvalue weighted by atomic mass is 16.7. The molecule has 0 atom stereocenters. The van der Waals surface area contributed by atoms with E-state index >= 15 is 0 Å². The molecule has 8 heavy (non-hydrogen) atoms. The SMILES string of the molecule is CC1(C)CO[CH]OC1. The number of ether oxygens (including phenoxy) is 2. The van der Waals surface area contributed by atoms with Gasteiger partial charge in [-0.2, -0.15) is 0 Å². The largest absolute Gasteiger partial charge is 0.347 e. The smallest absolute Gasteiger partial charge is 0.209 e. The van der Waals surface area contributed by atoms with Crippen LogP contribution in [0.1, 0.15) is 13.8 Å². The first-order chi connectivity index (χ1) is 3.71. The summed E-state index contributed by atoms with van der Waals surface area (Å²) in [4.78, 5) is 0. The van der Waals surface area contributed by atoms with Gasteiger partial charge in [0.25, 0.3) is 0 Å². The summed E-state index contributed by atoms with van der Waals surface area (Å²) < 4.78 is 9.88.